The van der Waals surface area contributed by atoms with Crippen LogP contribution in [0.2, 0.25) is 0 Å². The molecule has 0 spiro atoms. The summed E-state index contributed by atoms with van der Waals surface area (Å²) in [5, 5.41) is 18.9. The Kier molecular flexibility index (Phi) is 4.05. The Balaban J connectivity index is 3.32. The number of hydrogen-bond donors (Lipinski definition) is 2. The molecule has 1 fully saturated rings. The molecule has 2 unspecified atom stereocenters. The first-order valence-corrected chi connectivity index (χ1v) is 6.87. The van der Waals surface area contributed by atoms with E-state index in [1.807, 2.05) is 0 Å². The molecule has 0 heterocycles. The summed E-state index contributed by atoms with van der Waals surface area (Å²) in [5.74, 6) is -2.37. The predicted octanol–water partition coefficient (Wildman–Crippen LogP) is 2.58. The van der Waals surface area contributed by atoms with Crippen molar-refractivity contribution in [3.8, 4) is 0 Å². The fourth-order valence-electron chi connectivity index (χ4n) is 3.94. The summed E-state index contributed by atoms with van der Waals surface area (Å²) in [6.45, 7) is 8.32. The Morgan fingerprint density at radius 1 is 0.800 bits per heavy atom. The first kappa shape index (κ1) is 16.7. The summed E-state index contributed by atoms with van der Waals surface area (Å²) >= 11 is 0. The molecule has 0 aromatic heterocycles. The Bertz CT molecular complexity index is 425. The van der Waals surface area contributed by atoms with E-state index in [9.17, 15) is 24.6 Å². The lowest BCUT2D eigenvalue weighted by Crippen LogP contribution is -2.52. The Hall–Kier alpha value is -1.39. The van der Waals surface area contributed by atoms with Gasteiger partial charge in [0.1, 0.15) is 5.78 Å². The van der Waals surface area contributed by atoms with Crippen molar-refractivity contribution in [3.63, 3.8) is 0 Å². The molecular formula is C15H24O5. The SMILES string of the molecule is CC(C)C(=O)C1(C)CC(C)(C(=O)O)CC(C)(C(=O)O)C1. The zero-order valence-corrected chi connectivity index (χ0v) is 12.8. The van der Waals surface area contributed by atoms with Crippen molar-refractivity contribution in [3.05, 3.63) is 0 Å². The Labute approximate surface area is 119 Å². The van der Waals surface area contributed by atoms with Crippen molar-refractivity contribution < 1.29 is 24.6 Å². The minimum Gasteiger partial charge on any atom is -0.481 e. The lowest BCUT2D eigenvalue weighted by atomic mass is 9.52. The lowest BCUT2D eigenvalue weighted by molar-refractivity contribution is -0.170. The highest BCUT2D eigenvalue weighted by atomic mass is 16.4. The zero-order chi connectivity index (χ0) is 15.9. The Morgan fingerprint density at radius 3 is 1.35 bits per heavy atom. The monoisotopic (exact) mass is 284 g/mol. The fraction of sp³-hybridized carbons (Fsp3) is 0.800. The number of ketones is 1. The van der Waals surface area contributed by atoms with Crippen LogP contribution in [0.1, 0.15) is 53.9 Å². The second-order valence-corrected chi connectivity index (χ2v) is 7.34. The van der Waals surface area contributed by atoms with Gasteiger partial charge >= 0.3 is 11.9 Å². The molecule has 0 saturated heterocycles. The summed E-state index contributed by atoms with van der Waals surface area (Å²) < 4.78 is 0. The van der Waals surface area contributed by atoms with Crippen LogP contribution in [0.5, 0.6) is 0 Å². The van der Waals surface area contributed by atoms with Crippen LogP contribution in [0.15, 0.2) is 0 Å². The summed E-state index contributed by atoms with van der Waals surface area (Å²) in [7, 11) is 0. The van der Waals surface area contributed by atoms with E-state index >= 15 is 0 Å². The van der Waals surface area contributed by atoms with Gasteiger partial charge in [-0.1, -0.05) is 20.8 Å². The van der Waals surface area contributed by atoms with Gasteiger partial charge in [0.25, 0.3) is 0 Å². The predicted molar refractivity (Wildman–Crippen MR) is 73.3 cm³/mol. The maximum Gasteiger partial charge on any atom is 0.309 e. The second kappa shape index (κ2) is 4.86. The van der Waals surface area contributed by atoms with Crippen molar-refractivity contribution in [1.82, 2.24) is 0 Å². The van der Waals surface area contributed by atoms with Gasteiger partial charge in [0.2, 0.25) is 0 Å². The van der Waals surface area contributed by atoms with Crippen molar-refractivity contribution in [2.24, 2.45) is 22.2 Å². The largest absolute Gasteiger partial charge is 0.481 e. The highest BCUT2D eigenvalue weighted by molar-refractivity contribution is 5.89. The van der Waals surface area contributed by atoms with Gasteiger partial charge in [-0.15, -0.1) is 0 Å². The summed E-state index contributed by atoms with van der Waals surface area (Å²) in [5.41, 5.74) is -3.29. The minimum atomic E-state index is -1.19. The van der Waals surface area contributed by atoms with Crippen LogP contribution in [0.4, 0.5) is 0 Å². The van der Waals surface area contributed by atoms with Gasteiger partial charge in [-0.05, 0) is 33.1 Å². The third-order valence-corrected chi connectivity index (χ3v) is 4.49. The van der Waals surface area contributed by atoms with Crippen LogP contribution >= 0.6 is 0 Å². The molecule has 0 aromatic carbocycles. The molecule has 1 aliphatic carbocycles. The number of carboxylic acid groups (broad SMARTS) is 2. The van der Waals surface area contributed by atoms with Crippen LogP contribution in [0, 0.1) is 22.2 Å². The van der Waals surface area contributed by atoms with Gasteiger partial charge in [-0.25, -0.2) is 0 Å². The molecule has 0 amide bonds. The van der Waals surface area contributed by atoms with Crippen molar-refractivity contribution in [1.29, 1.82) is 0 Å². The van der Waals surface area contributed by atoms with Gasteiger partial charge < -0.3 is 10.2 Å². The van der Waals surface area contributed by atoms with E-state index in [2.05, 4.69) is 0 Å². The number of rotatable bonds is 4. The van der Waals surface area contributed by atoms with E-state index in [0.29, 0.717) is 0 Å². The fourth-order valence-corrected chi connectivity index (χ4v) is 3.94. The average Bonchev–Trinajstić information content (AvgIpc) is 2.25. The third-order valence-electron chi connectivity index (χ3n) is 4.49. The lowest BCUT2D eigenvalue weighted by Gasteiger charge is -2.49. The first-order valence-electron chi connectivity index (χ1n) is 6.87. The summed E-state index contributed by atoms with van der Waals surface area (Å²) in [4.78, 5) is 35.6. The van der Waals surface area contributed by atoms with E-state index in [4.69, 9.17) is 0 Å². The molecule has 5 nitrogen and oxygen atoms in total. The normalized spacial score (nSPS) is 37.7. The highest BCUT2D eigenvalue weighted by Crippen LogP contribution is 2.55. The number of Topliss-reactive ketones (excluding diaryl/α,β-unsaturated/α-hetero) is 1. The standard InChI is InChI=1S/C15H24O5/c1-9(2)10(16)13(3)6-14(4,11(17)18)8-15(5,7-13)12(19)20/h9H,6-8H2,1-5H3,(H,17,18)(H,19,20). The minimum absolute atomic E-state index is 0.0473. The Morgan fingerprint density at radius 2 is 1.10 bits per heavy atom. The molecule has 114 valence electrons. The molecule has 1 aliphatic rings. The van der Waals surface area contributed by atoms with Crippen LogP contribution in [-0.4, -0.2) is 27.9 Å². The maximum atomic E-state index is 12.5. The molecule has 2 N–H and O–H groups in total. The molecule has 5 heteroatoms. The zero-order valence-electron chi connectivity index (χ0n) is 12.8. The highest BCUT2D eigenvalue weighted by Gasteiger charge is 2.57. The van der Waals surface area contributed by atoms with Crippen molar-refractivity contribution in [2.75, 3.05) is 0 Å². The quantitative estimate of drug-likeness (QED) is 0.827. The number of carbonyl (C=O) groups is 3. The van der Waals surface area contributed by atoms with E-state index in [1.165, 1.54) is 0 Å². The van der Waals surface area contributed by atoms with Crippen LogP contribution in [-0.2, 0) is 14.4 Å². The van der Waals surface area contributed by atoms with Crippen molar-refractivity contribution in [2.45, 2.75) is 53.9 Å². The third kappa shape index (κ3) is 2.72. The second-order valence-electron chi connectivity index (χ2n) is 7.34. The molecule has 0 aliphatic heterocycles. The van der Waals surface area contributed by atoms with Crippen molar-refractivity contribution >= 4 is 17.7 Å². The molecule has 0 bridgehead atoms. The molecule has 0 aromatic rings. The summed E-state index contributed by atoms with van der Waals surface area (Å²) in [6, 6.07) is 0. The smallest absolute Gasteiger partial charge is 0.309 e. The van der Waals surface area contributed by atoms with Crippen LogP contribution in [0.3, 0.4) is 0 Å². The molecular weight excluding hydrogens is 260 g/mol. The molecule has 1 saturated carbocycles. The van der Waals surface area contributed by atoms with E-state index in [-0.39, 0.29) is 31.0 Å². The van der Waals surface area contributed by atoms with Gasteiger partial charge in [0.15, 0.2) is 0 Å². The molecule has 20 heavy (non-hydrogen) atoms. The van der Waals surface area contributed by atoms with Crippen LogP contribution < -0.4 is 0 Å². The van der Waals surface area contributed by atoms with Gasteiger partial charge in [-0.3, -0.25) is 14.4 Å². The van der Waals surface area contributed by atoms with E-state index < -0.39 is 28.2 Å². The number of carboxylic acids is 2. The molecule has 1 rings (SSSR count). The number of carbonyl (C=O) groups excluding carboxylic acids is 1. The van der Waals surface area contributed by atoms with Crippen LogP contribution in [0.25, 0.3) is 0 Å². The average molecular weight is 284 g/mol. The molecule has 0 radical (unpaired) electrons. The number of hydrogen-bond acceptors (Lipinski definition) is 3. The number of aliphatic carboxylic acids is 2. The van der Waals surface area contributed by atoms with Gasteiger partial charge in [0, 0.05) is 11.3 Å². The molecule has 2 atom stereocenters. The van der Waals surface area contributed by atoms with Gasteiger partial charge in [0.05, 0.1) is 10.8 Å². The maximum absolute atomic E-state index is 12.5. The van der Waals surface area contributed by atoms with E-state index in [1.54, 1.807) is 34.6 Å². The first-order chi connectivity index (χ1) is 8.86. The van der Waals surface area contributed by atoms with Gasteiger partial charge in [-0.2, -0.15) is 0 Å². The topological polar surface area (TPSA) is 91.7 Å². The summed E-state index contributed by atoms with van der Waals surface area (Å²) in [6.07, 6.45) is 0.427. The van der Waals surface area contributed by atoms with E-state index in [0.717, 1.165) is 0 Å².